The SMILES string of the molecule is Cc1ncc(Br)cc1C(=O)NN. The van der Waals surface area contributed by atoms with Crippen LogP contribution in [0.15, 0.2) is 16.7 Å². The van der Waals surface area contributed by atoms with Crippen LogP contribution in [0, 0.1) is 6.92 Å². The van der Waals surface area contributed by atoms with E-state index in [1.54, 1.807) is 19.2 Å². The summed E-state index contributed by atoms with van der Waals surface area (Å²) in [6.45, 7) is 1.75. The second-order valence-electron chi connectivity index (χ2n) is 2.26. The molecule has 3 N–H and O–H groups in total. The molecule has 0 unspecified atom stereocenters. The molecule has 1 rings (SSSR count). The van der Waals surface area contributed by atoms with E-state index in [1.807, 2.05) is 5.43 Å². The molecule has 0 saturated carbocycles. The highest BCUT2D eigenvalue weighted by Gasteiger charge is 2.07. The number of nitrogen functional groups attached to an aromatic ring is 1. The van der Waals surface area contributed by atoms with E-state index in [1.165, 1.54) is 0 Å². The highest BCUT2D eigenvalue weighted by atomic mass is 79.9. The first-order valence-corrected chi connectivity index (χ1v) is 4.07. The summed E-state index contributed by atoms with van der Waals surface area (Å²) in [7, 11) is 0. The first-order valence-electron chi connectivity index (χ1n) is 3.28. The van der Waals surface area contributed by atoms with Crippen molar-refractivity contribution < 1.29 is 4.79 Å². The lowest BCUT2D eigenvalue weighted by molar-refractivity contribution is 0.0952. The maximum absolute atomic E-state index is 11.1. The fourth-order valence-electron chi connectivity index (χ4n) is 0.815. The number of hydrogen-bond donors (Lipinski definition) is 2. The summed E-state index contributed by atoms with van der Waals surface area (Å²) in [6.07, 6.45) is 1.63. The lowest BCUT2D eigenvalue weighted by Gasteiger charge is -2.02. The highest BCUT2D eigenvalue weighted by molar-refractivity contribution is 9.10. The van der Waals surface area contributed by atoms with Gasteiger partial charge in [0.05, 0.1) is 11.3 Å². The van der Waals surface area contributed by atoms with Crippen molar-refractivity contribution in [1.29, 1.82) is 0 Å². The number of aromatic nitrogens is 1. The molecule has 0 aliphatic heterocycles. The number of nitrogens with one attached hydrogen (secondary N) is 1. The van der Waals surface area contributed by atoms with Crippen molar-refractivity contribution >= 4 is 21.8 Å². The van der Waals surface area contributed by atoms with E-state index >= 15 is 0 Å². The average Bonchev–Trinajstić information content (AvgIpc) is 2.08. The number of carbonyl (C=O) groups is 1. The smallest absolute Gasteiger partial charge is 0.267 e. The Labute approximate surface area is 78.3 Å². The largest absolute Gasteiger partial charge is 0.290 e. The molecule has 1 aromatic rings. The van der Waals surface area contributed by atoms with E-state index < -0.39 is 0 Å². The molecule has 4 nitrogen and oxygen atoms in total. The molecule has 0 aliphatic rings. The van der Waals surface area contributed by atoms with Crippen LogP contribution >= 0.6 is 15.9 Å². The maximum atomic E-state index is 11.1. The predicted octanol–water partition coefficient (Wildman–Crippen LogP) is 0.756. The molecule has 0 spiro atoms. The van der Waals surface area contributed by atoms with Gasteiger partial charge in [0.15, 0.2) is 0 Å². The van der Waals surface area contributed by atoms with Crippen molar-refractivity contribution in [2.24, 2.45) is 5.84 Å². The number of halogens is 1. The third-order valence-corrected chi connectivity index (χ3v) is 1.86. The Kier molecular flexibility index (Phi) is 2.78. The van der Waals surface area contributed by atoms with Crippen LogP contribution in [0.2, 0.25) is 0 Å². The second kappa shape index (κ2) is 3.64. The summed E-state index contributed by atoms with van der Waals surface area (Å²) in [4.78, 5) is 15.1. The summed E-state index contributed by atoms with van der Waals surface area (Å²) < 4.78 is 0.756. The number of nitrogens with zero attached hydrogens (tertiary/aromatic N) is 1. The Morgan fingerprint density at radius 2 is 2.42 bits per heavy atom. The van der Waals surface area contributed by atoms with Crippen LogP contribution in [-0.4, -0.2) is 10.9 Å². The molecule has 1 amide bonds. The molecule has 0 radical (unpaired) electrons. The van der Waals surface area contributed by atoms with Crippen LogP contribution in [-0.2, 0) is 0 Å². The van der Waals surface area contributed by atoms with Gasteiger partial charge in [-0.1, -0.05) is 0 Å². The molecule has 0 fully saturated rings. The number of amides is 1. The summed E-state index contributed by atoms with van der Waals surface area (Å²) in [6, 6.07) is 1.67. The number of aryl methyl sites for hydroxylation is 1. The van der Waals surface area contributed by atoms with Gasteiger partial charge >= 0.3 is 0 Å². The van der Waals surface area contributed by atoms with Gasteiger partial charge in [0.25, 0.3) is 5.91 Å². The van der Waals surface area contributed by atoms with Gasteiger partial charge in [-0.3, -0.25) is 15.2 Å². The van der Waals surface area contributed by atoms with E-state index in [4.69, 9.17) is 5.84 Å². The van der Waals surface area contributed by atoms with Gasteiger partial charge in [-0.2, -0.15) is 0 Å². The molecule has 64 valence electrons. The number of rotatable bonds is 1. The van der Waals surface area contributed by atoms with Crippen molar-refractivity contribution in [2.75, 3.05) is 0 Å². The minimum atomic E-state index is -0.332. The minimum Gasteiger partial charge on any atom is -0.290 e. The van der Waals surface area contributed by atoms with Crippen LogP contribution in [0.25, 0.3) is 0 Å². The lowest BCUT2D eigenvalue weighted by atomic mass is 10.2. The van der Waals surface area contributed by atoms with Crippen molar-refractivity contribution in [3.05, 3.63) is 28.0 Å². The van der Waals surface area contributed by atoms with Crippen molar-refractivity contribution in [1.82, 2.24) is 10.4 Å². The second-order valence-corrected chi connectivity index (χ2v) is 3.18. The molecule has 0 saturated heterocycles. The zero-order valence-electron chi connectivity index (χ0n) is 6.47. The fourth-order valence-corrected chi connectivity index (χ4v) is 1.15. The number of pyridine rings is 1. The van der Waals surface area contributed by atoms with Gasteiger partial charge < -0.3 is 0 Å². The van der Waals surface area contributed by atoms with Crippen molar-refractivity contribution in [2.45, 2.75) is 6.92 Å². The van der Waals surface area contributed by atoms with Crippen molar-refractivity contribution in [3.63, 3.8) is 0 Å². The molecule has 0 atom stereocenters. The van der Waals surface area contributed by atoms with Crippen LogP contribution in [0.5, 0.6) is 0 Å². The van der Waals surface area contributed by atoms with Gasteiger partial charge in [-0.15, -0.1) is 0 Å². The fraction of sp³-hybridized carbons (Fsp3) is 0.143. The number of nitrogens with two attached hydrogens (primary N) is 1. The normalized spacial score (nSPS) is 9.58. The Morgan fingerprint density at radius 3 is 3.00 bits per heavy atom. The van der Waals surface area contributed by atoms with E-state index in [0.717, 1.165) is 4.47 Å². The van der Waals surface area contributed by atoms with Gasteiger partial charge in [0.1, 0.15) is 0 Å². The third-order valence-electron chi connectivity index (χ3n) is 1.43. The quantitative estimate of drug-likeness (QED) is 0.425. The molecule has 12 heavy (non-hydrogen) atoms. The highest BCUT2D eigenvalue weighted by Crippen LogP contribution is 2.12. The zero-order valence-corrected chi connectivity index (χ0v) is 8.05. The first-order chi connectivity index (χ1) is 5.65. The molecule has 0 aliphatic carbocycles. The number of hydrazine groups is 1. The Hall–Kier alpha value is -0.940. The van der Waals surface area contributed by atoms with Crippen LogP contribution in [0.3, 0.4) is 0 Å². The van der Waals surface area contributed by atoms with Crippen LogP contribution < -0.4 is 11.3 Å². The molecule has 0 aromatic carbocycles. The van der Waals surface area contributed by atoms with Gasteiger partial charge in [-0.05, 0) is 28.9 Å². The summed E-state index contributed by atoms with van der Waals surface area (Å²) in [5, 5.41) is 0. The van der Waals surface area contributed by atoms with Gasteiger partial charge in [0.2, 0.25) is 0 Å². The minimum absolute atomic E-state index is 0.332. The van der Waals surface area contributed by atoms with Crippen molar-refractivity contribution in [3.8, 4) is 0 Å². The molecular weight excluding hydrogens is 222 g/mol. The summed E-state index contributed by atoms with van der Waals surface area (Å²) >= 11 is 3.21. The average molecular weight is 230 g/mol. The molecular formula is C7H8BrN3O. The first kappa shape index (κ1) is 9.15. The van der Waals surface area contributed by atoms with Crippen LogP contribution in [0.1, 0.15) is 16.1 Å². The summed E-state index contributed by atoms with van der Waals surface area (Å²) in [5.41, 5.74) is 3.18. The molecule has 1 heterocycles. The van der Waals surface area contributed by atoms with E-state index in [2.05, 4.69) is 20.9 Å². The Bertz CT molecular complexity index is 314. The lowest BCUT2D eigenvalue weighted by Crippen LogP contribution is -2.30. The van der Waals surface area contributed by atoms with Gasteiger partial charge in [0, 0.05) is 10.7 Å². The maximum Gasteiger partial charge on any atom is 0.267 e. The van der Waals surface area contributed by atoms with Gasteiger partial charge in [-0.25, -0.2) is 5.84 Å². The number of carbonyl (C=O) groups excluding carboxylic acids is 1. The van der Waals surface area contributed by atoms with E-state index in [-0.39, 0.29) is 5.91 Å². The molecule has 1 aromatic heterocycles. The van der Waals surface area contributed by atoms with Crippen LogP contribution in [0.4, 0.5) is 0 Å². The number of hydrogen-bond acceptors (Lipinski definition) is 3. The van der Waals surface area contributed by atoms with E-state index in [9.17, 15) is 4.79 Å². The predicted molar refractivity (Wildman–Crippen MR) is 48.3 cm³/mol. The zero-order chi connectivity index (χ0) is 9.14. The Balaban J connectivity index is 3.13. The Morgan fingerprint density at radius 1 is 1.75 bits per heavy atom. The third kappa shape index (κ3) is 1.80. The molecule has 5 heteroatoms. The topological polar surface area (TPSA) is 68.0 Å². The molecule has 0 bridgehead atoms. The standard InChI is InChI=1S/C7H8BrN3O/c1-4-6(7(12)11-9)2-5(8)3-10-4/h2-3H,9H2,1H3,(H,11,12). The van der Waals surface area contributed by atoms with E-state index in [0.29, 0.717) is 11.3 Å². The monoisotopic (exact) mass is 229 g/mol. The summed E-state index contributed by atoms with van der Waals surface area (Å²) in [5.74, 6) is 4.65.